The van der Waals surface area contributed by atoms with Gasteiger partial charge in [0, 0.05) is 17.6 Å². The second kappa shape index (κ2) is 12.1. The number of halogens is 2. The summed E-state index contributed by atoms with van der Waals surface area (Å²) in [5.74, 6) is -0.790. The minimum absolute atomic E-state index is 0. The van der Waals surface area contributed by atoms with E-state index in [9.17, 15) is 9.59 Å². The molecule has 2 aromatic carbocycles. The van der Waals surface area contributed by atoms with Crippen molar-refractivity contribution in [3.63, 3.8) is 0 Å². The molecule has 31 heavy (non-hydrogen) atoms. The van der Waals surface area contributed by atoms with Crippen molar-refractivity contribution in [3.8, 4) is 5.75 Å². The Kier molecular flexibility index (Phi) is 10.5. The zero-order chi connectivity index (χ0) is 22.3. The molecular weight excluding hydrogens is 435 g/mol. The van der Waals surface area contributed by atoms with Crippen molar-refractivity contribution in [2.75, 3.05) is 20.1 Å². The molecule has 0 saturated heterocycles. The molecule has 1 aliphatic heterocycles. The smallest absolute Gasteiger partial charge is 0.327 e. The standard InChI is InChI=1S/C20H20ClNO3.C4H11N.ClH/c1-4-15(18(23)22-3)20(13-7-5-12(2)6-8-13)16-11-14(21)9-10-17(16)25-19(20)24;1-3-5-4-2;/h5-11,15H,4H2,1-3H3,(H,22,23);5H,3-4H2,1-2H3;1H. The van der Waals surface area contributed by atoms with Crippen LogP contribution in [0.1, 0.15) is 43.9 Å². The third-order valence-corrected chi connectivity index (χ3v) is 5.63. The summed E-state index contributed by atoms with van der Waals surface area (Å²) < 4.78 is 5.56. The van der Waals surface area contributed by atoms with Gasteiger partial charge in [-0.1, -0.05) is 62.2 Å². The molecular formula is C24H32Cl2N2O3. The number of nitrogens with one attached hydrogen (secondary N) is 2. The van der Waals surface area contributed by atoms with Gasteiger partial charge in [-0.2, -0.15) is 0 Å². The first-order chi connectivity index (χ1) is 14.4. The maximum atomic E-state index is 13.1. The topological polar surface area (TPSA) is 67.4 Å². The number of carbonyl (C=O) groups excluding carboxylic acids is 2. The monoisotopic (exact) mass is 466 g/mol. The van der Waals surface area contributed by atoms with Gasteiger partial charge in [0.15, 0.2) is 0 Å². The summed E-state index contributed by atoms with van der Waals surface area (Å²) in [4.78, 5) is 25.8. The number of benzene rings is 2. The van der Waals surface area contributed by atoms with Gasteiger partial charge in [0.05, 0.1) is 5.92 Å². The molecule has 2 N–H and O–H groups in total. The van der Waals surface area contributed by atoms with Crippen LogP contribution in [0.25, 0.3) is 0 Å². The summed E-state index contributed by atoms with van der Waals surface area (Å²) >= 11 is 6.20. The maximum Gasteiger partial charge on any atom is 0.327 e. The Labute approximate surface area is 196 Å². The fraction of sp³-hybridized carbons (Fsp3) is 0.417. The van der Waals surface area contributed by atoms with Crippen molar-refractivity contribution in [1.29, 1.82) is 0 Å². The highest BCUT2D eigenvalue weighted by Gasteiger charge is 2.57. The molecule has 3 rings (SSSR count). The minimum atomic E-state index is -1.21. The maximum absolute atomic E-state index is 13.1. The van der Waals surface area contributed by atoms with Gasteiger partial charge in [0.1, 0.15) is 11.2 Å². The van der Waals surface area contributed by atoms with Gasteiger partial charge in [-0.15, -0.1) is 12.4 Å². The summed E-state index contributed by atoms with van der Waals surface area (Å²) in [6.45, 7) is 10.3. The van der Waals surface area contributed by atoms with Crippen LogP contribution in [0.5, 0.6) is 5.75 Å². The highest BCUT2D eigenvalue weighted by atomic mass is 35.5. The Morgan fingerprint density at radius 3 is 2.19 bits per heavy atom. The molecule has 0 aliphatic carbocycles. The van der Waals surface area contributed by atoms with Crippen LogP contribution in [0.2, 0.25) is 5.02 Å². The van der Waals surface area contributed by atoms with Gasteiger partial charge in [-0.25, -0.2) is 0 Å². The Balaban J connectivity index is 0.000000721. The summed E-state index contributed by atoms with van der Waals surface area (Å²) in [6.07, 6.45) is 0.481. The number of hydrogen-bond donors (Lipinski definition) is 2. The number of aryl methyl sites for hydroxylation is 1. The van der Waals surface area contributed by atoms with Crippen LogP contribution in [0, 0.1) is 12.8 Å². The van der Waals surface area contributed by atoms with Crippen LogP contribution in [-0.4, -0.2) is 32.0 Å². The second-order valence-electron chi connectivity index (χ2n) is 7.24. The lowest BCUT2D eigenvalue weighted by atomic mass is 9.65. The summed E-state index contributed by atoms with van der Waals surface area (Å²) in [5.41, 5.74) is 1.25. The second-order valence-corrected chi connectivity index (χ2v) is 7.67. The quantitative estimate of drug-likeness (QED) is 0.479. The van der Waals surface area contributed by atoms with E-state index >= 15 is 0 Å². The Hall–Kier alpha value is -2.08. The lowest BCUT2D eigenvalue weighted by molar-refractivity contribution is -0.142. The first kappa shape index (κ1) is 27.0. The molecule has 2 aromatic rings. The van der Waals surface area contributed by atoms with Crippen molar-refractivity contribution < 1.29 is 14.3 Å². The van der Waals surface area contributed by atoms with Gasteiger partial charge < -0.3 is 15.4 Å². The third kappa shape index (κ3) is 5.40. The number of fused-ring (bicyclic) bond motifs is 1. The van der Waals surface area contributed by atoms with Crippen molar-refractivity contribution in [3.05, 3.63) is 64.2 Å². The van der Waals surface area contributed by atoms with Crippen molar-refractivity contribution >= 4 is 35.9 Å². The molecule has 170 valence electrons. The van der Waals surface area contributed by atoms with Gasteiger partial charge in [0.25, 0.3) is 0 Å². The Morgan fingerprint density at radius 2 is 1.71 bits per heavy atom. The van der Waals surface area contributed by atoms with Crippen LogP contribution < -0.4 is 15.4 Å². The highest BCUT2D eigenvalue weighted by Crippen LogP contribution is 2.51. The molecule has 1 heterocycles. The number of carbonyl (C=O) groups is 2. The molecule has 1 aliphatic rings. The van der Waals surface area contributed by atoms with E-state index in [1.165, 1.54) is 0 Å². The van der Waals surface area contributed by atoms with Crippen molar-refractivity contribution in [2.24, 2.45) is 5.92 Å². The molecule has 7 heteroatoms. The minimum Gasteiger partial charge on any atom is -0.425 e. The first-order valence-electron chi connectivity index (χ1n) is 10.4. The zero-order valence-corrected chi connectivity index (χ0v) is 20.3. The lowest BCUT2D eigenvalue weighted by Gasteiger charge is -2.33. The van der Waals surface area contributed by atoms with Gasteiger partial charge in [0.2, 0.25) is 5.91 Å². The molecule has 0 spiro atoms. The number of hydrogen-bond acceptors (Lipinski definition) is 4. The third-order valence-electron chi connectivity index (χ3n) is 5.39. The molecule has 1 amide bonds. The van der Waals surface area contributed by atoms with E-state index in [1.807, 2.05) is 38.1 Å². The van der Waals surface area contributed by atoms with E-state index in [-0.39, 0.29) is 18.3 Å². The molecule has 0 radical (unpaired) electrons. The summed E-state index contributed by atoms with van der Waals surface area (Å²) in [5, 5.41) is 6.30. The SMILES string of the molecule is CCC(C(=O)NC)C1(c2ccc(C)cc2)C(=O)Oc2ccc(Cl)cc21.CCNCC.Cl. The number of esters is 1. The molecule has 2 atom stereocenters. The number of ether oxygens (including phenoxy) is 1. The van der Waals surface area contributed by atoms with Gasteiger partial charge in [-0.05, 0) is 50.2 Å². The largest absolute Gasteiger partial charge is 0.425 e. The predicted octanol–water partition coefficient (Wildman–Crippen LogP) is 4.66. The van der Waals surface area contributed by atoms with Crippen molar-refractivity contribution in [1.82, 2.24) is 10.6 Å². The van der Waals surface area contributed by atoms with E-state index in [0.29, 0.717) is 22.8 Å². The average Bonchev–Trinajstić information content (AvgIpc) is 3.02. The number of rotatable bonds is 6. The fourth-order valence-electron chi connectivity index (χ4n) is 3.92. The van der Waals surface area contributed by atoms with Crippen LogP contribution >= 0.6 is 24.0 Å². The van der Waals surface area contributed by atoms with E-state index in [4.69, 9.17) is 16.3 Å². The normalized spacial score (nSPS) is 17.4. The lowest BCUT2D eigenvalue weighted by Crippen LogP contribution is -2.48. The predicted molar refractivity (Wildman–Crippen MR) is 128 cm³/mol. The van der Waals surface area contributed by atoms with E-state index in [1.54, 1.807) is 25.2 Å². The van der Waals surface area contributed by atoms with E-state index in [0.717, 1.165) is 24.2 Å². The highest BCUT2D eigenvalue weighted by molar-refractivity contribution is 6.30. The van der Waals surface area contributed by atoms with Gasteiger partial charge in [-0.3, -0.25) is 9.59 Å². The Morgan fingerprint density at radius 1 is 1.10 bits per heavy atom. The van der Waals surface area contributed by atoms with Crippen molar-refractivity contribution in [2.45, 2.75) is 39.5 Å². The number of amides is 1. The summed E-state index contributed by atoms with van der Waals surface area (Å²) in [6, 6.07) is 12.7. The molecule has 2 unspecified atom stereocenters. The average molecular weight is 467 g/mol. The fourth-order valence-corrected chi connectivity index (χ4v) is 4.10. The van der Waals surface area contributed by atoms with E-state index in [2.05, 4.69) is 24.5 Å². The first-order valence-corrected chi connectivity index (χ1v) is 10.8. The molecule has 0 aromatic heterocycles. The molecule has 0 fully saturated rings. The molecule has 5 nitrogen and oxygen atoms in total. The Bertz CT molecular complexity index is 885. The van der Waals surface area contributed by atoms with Crippen LogP contribution in [0.3, 0.4) is 0 Å². The summed E-state index contributed by atoms with van der Waals surface area (Å²) in [7, 11) is 1.58. The van der Waals surface area contributed by atoms with Crippen LogP contribution in [0.15, 0.2) is 42.5 Å². The molecule has 0 saturated carbocycles. The molecule has 0 bridgehead atoms. The van der Waals surface area contributed by atoms with Crippen LogP contribution in [-0.2, 0) is 15.0 Å². The van der Waals surface area contributed by atoms with E-state index < -0.39 is 17.3 Å². The van der Waals surface area contributed by atoms with Crippen LogP contribution in [0.4, 0.5) is 0 Å². The zero-order valence-electron chi connectivity index (χ0n) is 18.8. The van der Waals surface area contributed by atoms with Gasteiger partial charge >= 0.3 is 5.97 Å².